The Morgan fingerprint density at radius 2 is 1.95 bits per heavy atom. The summed E-state index contributed by atoms with van der Waals surface area (Å²) in [7, 11) is 0. The quantitative estimate of drug-likeness (QED) is 0.897. The number of unbranched alkanes of at least 4 members (excludes halogenated alkanes) is 1. The van der Waals surface area contributed by atoms with Crippen molar-refractivity contribution in [3.8, 4) is 0 Å². The first-order chi connectivity index (χ1) is 9.51. The summed E-state index contributed by atoms with van der Waals surface area (Å²) in [6, 6.07) is 6.39. The highest BCUT2D eigenvalue weighted by molar-refractivity contribution is 5.88. The highest BCUT2D eigenvalue weighted by Crippen LogP contribution is 2.32. The van der Waals surface area contributed by atoms with Crippen LogP contribution in [0.1, 0.15) is 51.8 Å². The molecule has 0 spiro atoms. The fourth-order valence-corrected chi connectivity index (χ4v) is 2.60. The zero-order valence-electron chi connectivity index (χ0n) is 12.4. The van der Waals surface area contributed by atoms with Gasteiger partial charge in [0.1, 0.15) is 12.0 Å². The van der Waals surface area contributed by atoms with Crippen LogP contribution in [0.5, 0.6) is 0 Å². The lowest BCUT2D eigenvalue weighted by molar-refractivity contribution is -0.133. The van der Waals surface area contributed by atoms with Crippen molar-refractivity contribution in [2.45, 2.75) is 51.7 Å². The second-order valence-electron chi connectivity index (χ2n) is 5.64. The summed E-state index contributed by atoms with van der Waals surface area (Å²) in [5.41, 5.74) is 0.417. The SMILES string of the molecule is CCCCN1C(=O)C(C)(CC)NC1c1ccc(F)cc1. The summed E-state index contributed by atoms with van der Waals surface area (Å²) in [4.78, 5) is 14.5. The molecular formula is C16H23FN2O. The maximum Gasteiger partial charge on any atom is 0.244 e. The van der Waals surface area contributed by atoms with E-state index in [9.17, 15) is 9.18 Å². The number of carbonyl (C=O) groups excluding carboxylic acids is 1. The van der Waals surface area contributed by atoms with Crippen LogP contribution in [-0.4, -0.2) is 22.9 Å². The van der Waals surface area contributed by atoms with Crippen molar-refractivity contribution >= 4 is 5.91 Å². The zero-order chi connectivity index (χ0) is 14.8. The molecule has 1 heterocycles. The molecule has 0 aromatic heterocycles. The van der Waals surface area contributed by atoms with Crippen LogP contribution in [0.2, 0.25) is 0 Å². The lowest BCUT2D eigenvalue weighted by Crippen LogP contribution is -2.43. The predicted molar refractivity (Wildman–Crippen MR) is 77.6 cm³/mol. The molecule has 1 aliphatic heterocycles. The molecule has 110 valence electrons. The standard InChI is InChI=1S/C16H23FN2O/c1-4-6-11-19-14(12-7-9-13(17)10-8-12)18-16(3,5-2)15(19)20/h7-10,14,18H,4-6,11H2,1-3H3. The first-order valence-corrected chi connectivity index (χ1v) is 7.36. The van der Waals surface area contributed by atoms with Gasteiger partial charge in [-0.3, -0.25) is 10.1 Å². The molecule has 20 heavy (non-hydrogen) atoms. The van der Waals surface area contributed by atoms with E-state index in [1.807, 2.05) is 18.7 Å². The summed E-state index contributed by atoms with van der Waals surface area (Å²) in [5.74, 6) is -0.112. The topological polar surface area (TPSA) is 32.3 Å². The Morgan fingerprint density at radius 3 is 2.50 bits per heavy atom. The summed E-state index contributed by atoms with van der Waals surface area (Å²) in [5, 5.41) is 3.42. The van der Waals surface area contributed by atoms with E-state index in [1.165, 1.54) is 12.1 Å². The molecule has 2 atom stereocenters. The number of nitrogens with one attached hydrogen (secondary N) is 1. The molecule has 0 saturated carbocycles. The molecule has 1 amide bonds. The van der Waals surface area contributed by atoms with Gasteiger partial charge in [-0.25, -0.2) is 4.39 Å². The number of halogens is 1. The third-order valence-electron chi connectivity index (χ3n) is 4.15. The molecule has 2 unspecified atom stereocenters. The minimum atomic E-state index is -0.521. The second kappa shape index (κ2) is 5.92. The molecule has 0 aliphatic carbocycles. The molecule has 0 bridgehead atoms. The molecule has 1 aliphatic rings. The number of rotatable bonds is 5. The van der Waals surface area contributed by atoms with Crippen LogP contribution in [0.3, 0.4) is 0 Å². The van der Waals surface area contributed by atoms with Gasteiger partial charge in [-0.1, -0.05) is 32.4 Å². The predicted octanol–water partition coefficient (Wildman–Crippen LogP) is 3.22. The highest BCUT2D eigenvalue weighted by Gasteiger charge is 2.46. The number of hydrogen-bond donors (Lipinski definition) is 1. The van der Waals surface area contributed by atoms with Crippen LogP contribution in [0, 0.1) is 5.82 Å². The maximum absolute atomic E-state index is 13.1. The van der Waals surface area contributed by atoms with Gasteiger partial charge < -0.3 is 4.90 Å². The van der Waals surface area contributed by atoms with E-state index in [4.69, 9.17) is 0 Å². The molecule has 1 N–H and O–H groups in total. The van der Waals surface area contributed by atoms with Gasteiger partial charge in [-0.15, -0.1) is 0 Å². The molecule has 2 rings (SSSR count). The van der Waals surface area contributed by atoms with Gasteiger partial charge in [0.15, 0.2) is 0 Å². The summed E-state index contributed by atoms with van der Waals surface area (Å²) in [6.45, 7) is 6.80. The second-order valence-corrected chi connectivity index (χ2v) is 5.64. The van der Waals surface area contributed by atoms with Gasteiger partial charge in [0, 0.05) is 6.54 Å². The first kappa shape index (κ1) is 15.0. The normalized spacial score (nSPS) is 26.3. The van der Waals surface area contributed by atoms with Crippen molar-refractivity contribution in [3.05, 3.63) is 35.6 Å². The third kappa shape index (κ3) is 2.70. The molecule has 1 aromatic carbocycles. The van der Waals surface area contributed by atoms with Gasteiger partial charge in [0.2, 0.25) is 5.91 Å². The fraction of sp³-hybridized carbons (Fsp3) is 0.562. The third-order valence-corrected chi connectivity index (χ3v) is 4.15. The van der Waals surface area contributed by atoms with Crippen molar-refractivity contribution in [2.24, 2.45) is 0 Å². The van der Waals surface area contributed by atoms with Crippen molar-refractivity contribution in [1.29, 1.82) is 0 Å². The van der Waals surface area contributed by atoms with E-state index in [0.717, 1.165) is 31.4 Å². The van der Waals surface area contributed by atoms with Crippen LogP contribution in [0.4, 0.5) is 4.39 Å². The number of carbonyl (C=O) groups is 1. The highest BCUT2D eigenvalue weighted by atomic mass is 19.1. The molecular weight excluding hydrogens is 255 g/mol. The van der Waals surface area contributed by atoms with E-state index in [1.54, 1.807) is 12.1 Å². The number of amides is 1. The lowest BCUT2D eigenvalue weighted by atomic mass is 9.99. The van der Waals surface area contributed by atoms with Crippen LogP contribution >= 0.6 is 0 Å². The van der Waals surface area contributed by atoms with Crippen molar-refractivity contribution in [1.82, 2.24) is 10.2 Å². The van der Waals surface area contributed by atoms with Gasteiger partial charge >= 0.3 is 0 Å². The summed E-state index contributed by atoms with van der Waals surface area (Å²) < 4.78 is 13.1. The van der Waals surface area contributed by atoms with Gasteiger partial charge in [0.25, 0.3) is 0 Å². The minimum Gasteiger partial charge on any atom is -0.321 e. The number of hydrogen-bond acceptors (Lipinski definition) is 2. The van der Waals surface area contributed by atoms with Crippen LogP contribution in [-0.2, 0) is 4.79 Å². The molecule has 1 saturated heterocycles. The van der Waals surface area contributed by atoms with Crippen molar-refractivity contribution in [2.75, 3.05) is 6.54 Å². The average molecular weight is 278 g/mol. The Kier molecular flexibility index (Phi) is 4.43. The lowest BCUT2D eigenvalue weighted by Gasteiger charge is -2.24. The van der Waals surface area contributed by atoms with E-state index in [-0.39, 0.29) is 17.9 Å². The molecule has 1 fully saturated rings. The van der Waals surface area contributed by atoms with E-state index in [2.05, 4.69) is 12.2 Å². The van der Waals surface area contributed by atoms with Crippen LogP contribution < -0.4 is 5.32 Å². The smallest absolute Gasteiger partial charge is 0.244 e. The van der Waals surface area contributed by atoms with Gasteiger partial charge in [0.05, 0.1) is 5.54 Å². The Bertz CT molecular complexity index is 474. The average Bonchev–Trinajstić information content (AvgIpc) is 2.71. The Morgan fingerprint density at radius 1 is 1.30 bits per heavy atom. The molecule has 3 nitrogen and oxygen atoms in total. The minimum absolute atomic E-state index is 0.141. The van der Waals surface area contributed by atoms with Gasteiger partial charge in [-0.05, 0) is 37.5 Å². The zero-order valence-corrected chi connectivity index (χ0v) is 12.4. The van der Waals surface area contributed by atoms with Crippen molar-refractivity contribution < 1.29 is 9.18 Å². The number of nitrogens with zero attached hydrogens (tertiary/aromatic N) is 1. The van der Waals surface area contributed by atoms with E-state index < -0.39 is 5.54 Å². The van der Waals surface area contributed by atoms with E-state index in [0.29, 0.717) is 0 Å². The molecule has 1 aromatic rings. The maximum atomic E-state index is 13.1. The molecule has 4 heteroatoms. The summed E-state index contributed by atoms with van der Waals surface area (Å²) >= 11 is 0. The van der Waals surface area contributed by atoms with Crippen LogP contribution in [0.25, 0.3) is 0 Å². The van der Waals surface area contributed by atoms with Gasteiger partial charge in [-0.2, -0.15) is 0 Å². The Labute approximate surface area is 120 Å². The van der Waals surface area contributed by atoms with Crippen LogP contribution in [0.15, 0.2) is 24.3 Å². The fourth-order valence-electron chi connectivity index (χ4n) is 2.60. The first-order valence-electron chi connectivity index (χ1n) is 7.36. The van der Waals surface area contributed by atoms with Crippen molar-refractivity contribution in [3.63, 3.8) is 0 Å². The van der Waals surface area contributed by atoms with E-state index >= 15 is 0 Å². The largest absolute Gasteiger partial charge is 0.321 e. The monoisotopic (exact) mass is 278 g/mol. The Hall–Kier alpha value is -1.42. The number of benzene rings is 1. The molecule has 0 radical (unpaired) electrons. The Balaban J connectivity index is 2.28. The summed E-state index contributed by atoms with van der Waals surface area (Å²) in [6.07, 6.45) is 2.61.